The first-order valence-electron chi connectivity index (χ1n) is 13.5. The van der Waals surface area contributed by atoms with Gasteiger partial charge in [-0.1, -0.05) is 104 Å². The van der Waals surface area contributed by atoms with Crippen LogP contribution in [0.25, 0.3) is 0 Å². The first-order chi connectivity index (χ1) is 19.4. The summed E-state index contributed by atoms with van der Waals surface area (Å²) in [6, 6.07) is 21.1. The van der Waals surface area contributed by atoms with Crippen molar-refractivity contribution in [3.8, 4) is 11.8 Å². The summed E-state index contributed by atoms with van der Waals surface area (Å²) in [4.78, 5) is 27.0. The molecule has 0 unspecified atom stereocenters. The van der Waals surface area contributed by atoms with Crippen LogP contribution in [-0.2, 0) is 36.5 Å². The number of carbonyl (C=O) groups excluding carboxylic acids is 2. The molecule has 0 spiro atoms. The second-order valence-corrected chi connectivity index (χ2v) is 11.7. The van der Waals surface area contributed by atoms with Gasteiger partial charge < -0.3 is 14.6 Å². The molecule has 0 aromatic heterocycles. The van der Waals surface area contributed by atoms with Gasteiger partial charge in [0.15, 0.2) is 11.0 Å². The van der Waals surface area contributed by atoms with E-state index < -0.39 is 23.0 Å². The van der Waals surface area contributed by atoms with E-state index in [-0.39, 0.29) is 31.5 Å². The predicted octanol–water partition coefficient (Wildman–Crippen LogP) is 7.28. The largest absolute Gasteiger partial charge is 0.465 e. The Morgan fingerprint density at radius 3 is 1.54 bits per heavy atom. The van der Waals surface area contributed by atoms with E-state index in [2.05, 4.69) is 32.6 Å². The van der Waals surface area contributed by atoms with Crippen LogP contribution >= 0.6 is 23.2 Å². The zero-order valence-electron chi connectivity index (χ0n) is 24.1. The third-order valence-corrected chi connectivity index (χ3v) is 7.35. The van der Waals surface area contributed by atoms with Gasteiger partial charge in [0.25, 0.3) is 0 Å². The third kappa shape index (κ3) is 7.71. The maximum absolute atomic E-state index is 13.5. The lowest BCUT2D eigenvalue weighted by Gasteiger charge is -2.28. The lowest BCUT2D eigenvalue weighted by Crippen LogP contribution is -2.44. The number of halogens is 2. The summed E-state index contributed by atoms with van der Waals surface area (Å²) in [6.45, 7) is 9.85. The van der Waals surface area contributed by atoms with Crippen LogP contribution in [-0.4, -0.2) is 30.3 Å². The number of rotatable bonds is 9. The molecular formula is C34H36Cl2O5. The highest BCUT2D eigenvalue weighted by Crippen LogP contribution is 2.34. The molecule has 5 nitrogen and oxygen atoms in total. The van der Waals surface area contributed by atoms with Crippen LogP contribution in [0.4, 0.5) is 0 Å². The Morgan fingerprint density at radius 2 is 1.15 bits per heavy atom. The van der Waals surface area contributed by atoms with E-state index in [1.807, 2.05) is 24.3 Å². The molecule has 7 heteroatoms. The average Bonchev–Trinajstić information content (AvgIpc) is 2.93. The van der Waals surface area contributed by atoms with Crippen LogP contribution in [0.2, 0.25) is 10.0 Å². The highest BCUT2D eigenvalue weighted by atomic mass is 35.5. The number of aliphatic hydroxyl groups is 1. The Morgan fingerprint density at radius 1 is 0.732 bits per heavy atom. The molecule has 0 aliphatic rings. The molecule has 0 fully saturated rings. The zero-order chi connectivity index (χ0) is 30.3. The van der Waals surface area contributed by atoms with Crippen LogP contribution in [0.15, 0.2) is 72.8 Å². The molecule has 0 saturated heterocycles. The first kappa shape index (κ1) is 32.2. The van der Waals surface area contributed by atoms with E-state index in [4.69, 9.17) is 32.7 Å². The summed E-state index contributed by atoms with van der Waals surface area (Å²) in [5, 5.41) is 12.9. The number of esters is 2. The third-order valence-electron chi connectivity index (χ3n) is 6.84. The maximum Gasteiger partial charge on any atom is 0.324 e. The number of hydrogen-bond acceptors (Lipinski definition) is 5. The maximum atomic E-state index is 13.5. The van der Waals surface area contributed by atoms with E-state index in [0.29, 0.717) is 21.2 Å². The number of benzene rings is 3. The van der Waals surface area contributed by atoms with Gasteiger partial charge in [0.1, 0.15) is 0 Å². The van der Waals surface area contributed by atoms with Crippen LogP contribution < -0.4 is 0 Å². The summed E-state index contributed by atoms with van der Waals surface area (Å²) in [6.07, 6.45) is -0.223. The standard InChI is InChI=1S/C34H36Cl2O5/c1-6-40-30(37)33(31(38)41-7-2,23-24-9-11-25(12-10-24)32(3,4)5)21-8-22-34(39,26-13-17-28(35)18-14-26)27-15-19-29(36)20-16-27/h9-20,39H,6-7,21,23H2,1-5H3. The predicted molar refractivity (Wildman–Crippen MR) is 163 cm³/mol. The normalized spacial score (nSPS) is 11.8. The van der Waals surface area contributed by atoms with Gasteiger partial charge in [0, 0.05) is 34.0 Å². The van der Waals surface area contributed by atoms with E-state index in [9.17, 15) is 14.7 Å². The highest BCUT2D eigenvalue weighted by molar-refractivity contribution is 6.30. The molecular weight excluding hydrogens is 559 g/mol. The van der Waals surface area contributed by atoms with Crippen LogP contribution in [0.1, 0.15) is 63.3 Å². The minimum Gasteiger partial charge on any atom is -0.465 e. The van der Waals surface area contributed by atoms with E-state index >= 15 is 0 Å². The fourth-order valence-electron chi connectivity index (χ4n) is 4.46. The Kier molecular flexibility index (Phi) is 10.7. The summed E-state index contributed by atoms with van der Waals surface area (Å²) in [7, 11) is 0. The smallest absolute Gasteiger partial charge is 0.324 e. The molecule has 0 saturated carbocycles. The number of ether oxygens (including phenoxy) is 2. The summed E-state index contributed by atoms with van der Waals surface area (Å²) >= 11 is 12.2. The van der Waals surface area contributed by atoms with Gasteiger partial charge in [-0.05, 0) is 54.7 Å². The van der Waals surface area contributed by atoms with Gasteiger partial charge in [-0.15, -0.1) is 0 Å². The Labute approximate surface area is 252 Å². The van der Waals surface area contributed by atoms with Crippen LogP contribution in [0.5, 0.6) is 0 Å². The molecule has 3 aromatic rings. The van der Waals surface area contributed by atoms with Gasteiger partial charge >= 0.3 is 11.9 Å². The second kappa shape index (κ2) is 13.6. The van der Waals surface area contributed by atoms with Crippen molar-refractivity contribution >= 4 is 35.1 Å². The second-order valence-electron chi connectivity index (χ2n) is 10.8. The molecule has 41 heavy (non-hydrogen) atoms. The van der Waals surface area contributed by atoms with Gasteiger partial charge in [-0.2, -0.15) is 0 Å². The molecule has 3 rings (SSSR count). The fraction of sp³-hybridized carbons (Fsp3) is 0.353. The van der Waals surface area contributed by atoms with Crippen molar-refractivity contribution in [1.29, 1.82) is 0 Å². The van der Waals surface area contributed by atoms with Gasteiger partial charge in [0.2, 0.25) is 0 Å². The molecule has 0 bridgehead atoms. The van der Waals surface area contributed by atoms with Gasteiger partial charge in [-0.3, -0.25) is 9.59 Å². The molecule has 0 heterocycles. The van der Waals surface area contributed by atoms with Crippen molar-refractivity contribution in [3.05, 3.63) is 105 Å². The molecule has 216 valence electrons. The lowest BCUT2D eigenvalue weighted by atomic mass is 9.77. The van der Waals surface area contributed by atoms with Gasteiger partial charge in [0.05, 0.1) is 13.2 Å². The monoisotopic (exact) mass is 594 g/mol. The minimum absolute atomic E-state index is 0.0179. The SMILES string of the molecule is CCOC(=O)C(CC#CC(O)(c1ccc(Cl)cc1)c1ccc(Cl)cc1)(Cc1ccc(C(C)(C)C)cc1)C(=O)OCC. The van der Waals surface area contributed by atoms with E-state index in [1.54, 1.807) is 62.4 Å². The number of carbonyl (C=O) groups is 2. The minimum atomic E-state index is -1.78. The molecule has 3 aromatic carbocycles. The molecule has 0 amide bonds. The average molecular weight is 596 g/mol. The summed E-state index contributed by atoms with van der Waals surface area (Å²) in [5.41, 5.74) is -0.778. The fourth-order valence-corrected chi connectivity index (χ4v) is 4.71. The molecule has 0 radical (unpaired) electrons. The molecule has 0 aliphatic heterocycles. The zero-order valence-corrected chi connectivity index (χ0v) is 25.6. The first-order valence-corrected chi connectivity index (χ1v) is 14.3. The number of hydrogen-bond donors (Lipinski definition) is 1. The Bertz CT molecular complexity index is 1330. The van der Waals surface area contributed by atoms with E-state index in [1.165, 1.54) is 0 Å². The summed E-state index contributed by atoms with van der Waals surface area (Å²) < 4.78 is 10.8. The Hall–Kier alpha value is -3.30. The summed E-state index contributed by atoms with van der Waals surface area (Å²) in [5.74, 6) is 4.44. The Balaban J connectivity index is 2.12. The van der Waals surface area contributed by atoms with Crippen LogP contribution in [0, 0.1) is 17.3 Å². The molecule has 0 aliphatic carbocycles. The van der Waals surface area contributed by atoms with Crippen molar-refractivity contribution in [1.82, 2.24) is 0 Å². The molecule has 1 N–H and O–H groups in total. The highest BCUT2D eigenvalue weighted by Gasteiger charge is 2.49. The lowest BCUT2D eigenvalue weighted by molar-refractivity contribution is -0.171. The van der Waals surface area contributed by atoms with Crippen molar-refractivity contribution in [2.75, 3.05) is 13.2 Å². The molecule has 0 atom stereocenters. The van der Waals surface area contributed by atoms with Crippen molar-refractivity contribution in [2.45, 2.75) is 58.5 Å². The topological polar surface area (TPSA) is 72.8 Å². The van der Waals surface area contributed by atoms with Crippen LogP contribution in [0.3, 0.4) is 0 Å². The van der Waals surface area contributed by atoms with Gasteiger partial charge in [-0.25, -0.2) is 0 Å². The van der Waals surface area contributed by atoms with Crippen molar-refractivity contribution in [3.63, 3.8) is 0 Å². The van der Waals surface area contributed by atoms with E-state index in [0.717, 1.165) is 11.1 Å². The van der Waals surface area contributed by atoms with Crippen molar-refractivity contribution < 1.29 is 24.2 Å². The van der Waals surface area contributed by atoms with Crippen molar-refractivity contribution in [2.24, 2.45) is 5.41 Å². The quantitative estimate of drug-likeness (QED) is 0.160.